The molecule has 5 heteroatoms. The zero-order valence-corrected chi connectivity index (χ0v) is 11.4. The van der Waals surface area contributed by atoms with E-state index >= 15 is 0 Å². The van der Waals surface area contributed by atoms with Gasteiger partial charge in [0.25, 0.3) is 0 Å². The third-order valence-corrected chi connectivity index (χ3v) is 3.30. The molecule has 19 heavy (non-hydrogen) atoms. The van der Waals surface area contributed by atoms with Crippen LogP contribution in [0.1, 0.15) is 11.4 Å². The number of anilines is 1. The van der Waals surface area contributed by atoms with E-state index in [4.69, 9.17) is 17.3 Å². The maximum Gasteiger partial charge on any atom is 0.165 e. The summed E-state index contributed by atoms with van der Waals surface area (Å²) in [6.45, 7) is 3.87. The third-order valence-electron chi connectivity index (χ3n) is 3.05. The highest BCUT2D eigenvalue weighted by atomic mass is 35.5. The molecule has 0 spiro atoms. The summed E-state index contributed by atoms with van der Waals surface area (Å²) in [7, 11) is 0. The van der Waals surface area contributed by atoms with Gasteiger partial charge in [-0.2, -0.15) is 9.61 Å². The smallest absolute Gasteiger partial charge is 0.165 e. The van der Waals surface area contributed by atoms with Gasteiger partial charge >= 0.3 is 0 Å². The van der Waals surface area contributed by atoms with Gasteiger partial charge in [0.15, 0.2) is 5.65 Å². The molecule has 96 valence electrons. The number of nitrogens with two attached hydrogens (primary N) is 1. The minimum atomic E-state index is 0.589. The van der Waals surface area contributed by atoms with Crippen LogP contribution in [0.5, 0.6) is 0 Å². The zero-order valence-electron chi connectivity index (χ0n) is 10.7. The number of rotatable bonds is 1. The van der Waals surface area contributed by atoms with Gasteiger partial charge in [0, 0.05) is 22.3 Å². The van der Waals surface area contributed by atoms with Crippen LogP contribution >= 0.6 is 11.6 Å². The molecule has 0 amide bonds. The van der Waals surface area contributed by atoms with Crippen LogP contribution in [-0.4, -0.2) is 14.6 Å². The fraction of sp³-hybridized carbons (Fsp3) is 0.143. The minimum absolute atomic E-state index is 0.589. The van der Waals surface area contributed by atoms with Gasteiger partial charge < -0.3 is 5.73 Å². The first-order valence-electron chi connectivity index (χ1n) is 5.94. The van der Waals surface area contributed by atoms with Crippen LogP contribution in [-0.2, 0) is 0 Å². The Labute approximate surface area is 115 Å². The number of aromatic nitrogens is 3. The molecule has 3 rings (SSSR count). The van der Waals surface area contributed by atoms with Crippen molar-refractivity contribution in [3.8, 4) is 11.1 Å². The van der Waals surface area contributed by atoms with Crippen LogP contribution in [0.3, 0.4) is 0 Å². The molecule has 0 radical (unpaired) electrons. The van der Waals surface area contributed by atoms with Crippen molar-refractivity contribution in [3.63, 3.8) is 0 Å². The van der Waals surface area contributed by atoms with Crippen LogP contribution in [0.25, 0.3) is 16.8 Å². The summed E-state index contributed by atoms with van der Waals surface area (Å²) >= 11 is 5.93. The fourth-order valence-corrected chi connectivity index (χ4v) is 2.35. The van der Waals surface area contributed by atoms with Crippen LogP contribution in [0.4, 0.5) is 5.82 Å². The van der Waals surface area contributed by atoms with E-state index in [2.05, 4.69) is 10.1 Å². The van der Waals surface area contributed by atoms with Gasteiger partial charge in [-0.3, -0.25) is 0 Å². The van der Waals surface area contributed by atoms with Crippen molar-refractivity contribution in [2.45, 2.75) is 13.8 Å². The number of benzene rings is 1. The molecule has 3 aromatic rings. The van der Waals surface area contributed by atoms with E-state index in [-0.39, 0.29) is 0 Å². The Kier molecular flexibility index (Phi) is 2.68. The van der Waals surface area contributed by atoms with Crippen LogP contribution in [0.15, 0.2) is 30.3 Å². The molecule has 2 N–H and O–H groups in total. The summed E-state index contributed by atoms with van der Waals surface area (Å²) in [5.41, 5.74) is 10.6. The largest absolute Gasteiger partial charge is 0.384 e. The Morgan fingerprint density at radius 1 is 1.16 bits per heavy atom. The summed E-state index contributed by atoms with van der Waals surface area (Å²) in [6, 6.07) is 9.46. The molecule has 0 fully saturated rings. The van der Waals surface area contributed by atoms with Crippen LogP contribution < -0.4 is 5.73 Å². The van der Waals surface area contributed by atoms with E-state index in [1.807, 2.05) is 44.2 Å². The van der Waals surface area contributed by atoms with E-state index in [1.165, 1.54) is 0 Å². The average molecular weight is 273 g/mol. The number of halogens is 1. The molecular weight excluding hydrogens is 260 g/mol. The van der Waals surface area contributed by atoms with Crippen molar-refractivity contribution in [2.24, 2.45) is 0 Å². The second-order valence-corrected chi connectivity index (χ2v) is 4.96. The fourth-order valence-electron chi connectivity index (χ4n) is 2.23. The molecular formula is C14H13ClN4. The van der Waals surface area contributed by atoms with Gasteiger partial charge in [-0.05, 0) is 31.5 Å². The highest BCUT2D eigenvalue weighted by Gasteiger charge is 2.14. The van der Waals surface area contributed by atoms with E-state index in [9.17, 15) is 0 Å². The zero-order chi connectivity index (χ0) is 13.6. The maximum absolute atomic E-state index is 5.98. The first-order chi connectivity index (χ1) is 9.06. The predicted molar refractivity (Wildman–Crippen MR) is 77.3 cm³/mol. The van der Waals surface area contributed by atoms with Gasteiger partial charge in [0.1, 0.15) is 5.82 Å². The molecule has 4 nitrogen and oxygen atoms in total. The Hall–Kier alpha value is -2.07. The van der Waals surface area contributed by atoms with Gasteiger partial charge in [-0.25, -0.2) is 4.98 Å². The van der Waals surface area contributed by atoms with Crippen molar-refractivity contribution < 1.29 is 0 Å². The van der Waals surface area contributed by atoms with E-state index in [0.29, 0.717) is 10.8 Å². The van der Waals surface area contributed by atoms with Crippen molar-refractivity contribution in [3.05, 3.63) is 46.7 Å². The summed E-state index contributed by atoms with van der Waals surface area (Å²) < 4.78 is 1.67. The molecule has 1 aromatic carbocycles. The Morgan fingerprint density at radius 2 is 1.84 bits per heavy atom. The molecule has 2 aromatic heterocycles. The first-order valence-corrected chi connectivity index (χ1v) is 6.32. The number of fused-ring (bicyclic) bond motifs is 1. The number of hydrogen-bond acceptors (Lipinski definition) is 3. The van der Waals surface area contributed by atoms with Crippen LogP contribution in [0, 0.1) is 13.8 Å². The van der Waals surface area contributed by atoms with Gasteiger partial charge in [0.05, 0.1) is 5.69 Å². The Balaban J connectivity index is 2.34. The molecule has 0 saturated heterocycles. The molecule has 0 aliphatic carbocycles. The molecule has 0 aliphatic rings. The molecule has 0 bridgehead atoms. The summed E-state index contributed by atoms with van der Waals surface area (Å²) in [4.78, 5) is 4.54. The molecule has 0 atom stereocenters. The summed E-state index contributed by atoms with van der Waals surface area (Å²) in [5.74, 6) is 0.589. The quantitative estimate of drug-likeness (QED) is 0.740. The topological polar surface area (TPSA) is 56.2 Å². The summed E-state index contributed by atoms with van der Waals surface area (Å²) in [6.07, 6.45) is 0. The highest BCUT2D eigenvalue weighted by Crippen LogP contribution is 2.29. The molecule has 0 aliphatic heterocycles. The van der Waals surface area contributed by atoms with E-state index in [1.54, 1.807) is 4.52 Å². The third kappa shape index (κ3) is 1.94. The number of hydrogen-bond donors (Lipinski definition) is 1. The second-order valence-electron chi connectivity index (χ2n) is 4.53. The SMILES string of the molecule is Cc1cc(N)n2nc(C)c(-c3ccc(Cl)cc3)c2n1. The number of nitrogens with zero attached hydrogens (tertiary/aromatic N) is 3. The lowest BCUT2D eigenvalue weighted by Gasteiger charge is -2.03. The second kappa shape index (κ2) is 4.24. The minimum Gasteiger partial charge on any atom is -0.384 e. The average Bonchev–Trinajstić information content (AvgIpc) is 2.67. The van der Waals surface area contributed by atoms with E-state index < -0.39 is 0 Å². The lowest BCUT2D eigenvalue weighted by Crippen LogP contribution is -2.01. The first kappa shape index (κ1) is 12.0. The molecule has 0 saturated carbocycles. The summed E-state index contributed by atoms with van der Waals surface area (Å²) in [5, 5.41) is 5.16. The predicted octanol–water partition coefficient (Wildman–Crippen LogP) is 3.25. The van der Waals surface area contributed by atoms with Gasteiger partial charge in [0.2, 0.25) is 0 Å². The van der Waals surface area contributed by atoms with Gasteiger partial charge in [-0.15, -0.1) is 0 Å². The molecule has 2 heterocycles. The lowest BCUT2D eigenvalue weighted by molar-refractivity contribution is 0.921. The number of nitrogen functional groups attached to an aromatic ring is 1. The standard InChI is InChI=1S/C14H13ClN4/c1-8-7-12(16)19-14(17-8)13(9(2)18-19)10-3-5-11(15)6-4-10/h3-7H,16H2,1-2H3. The van der Waals surface area contributed by atoms with Gasteiger partial charge in [-0.1, -0.05) is 23.7 Å². The van der Waals surface area contributed by atoms with Crippen molar-refractivity contribution in [1.29, 1.82) is 0 Å². The Morgan fingerprint density at radius 3 is 2.53 bits per heavy atom. The molecule has 0 unspecified atom stereocenters. The van der Waals surface area contributed by atoms with Crippen molar-refractivity contribution >= 4 is 23.1 Å². The normalized spacial score (nSPS) is 11.1. The van der Waals surface area contributed by atoms with Crippen LogP contribution in [0.2, 0.25) is 5.02 Å². The van der Waals surface area contributed by atoms with Crippen molar-refractivity contribution in [2.75, 3.05) is 5.73 Å². The van der Waals surface area contributed by atoms with Crippen molar-refractivity contribution in [1.82, 2.24) is 14.6 Å². The Bertz CT molecular complexity index is 759. The maximum atomic E-state index is 5.98. The number of aryl methyl sites for hydroxylation is 2. The highest BCUT2D eigenvalue weighted by molar-refractivity contribution is 6.30. The monoisotopic (exact) mass is 272 g/mol. The van der Waals surface area contributed by atoms with E-state index in [0.717, 1.165) is 28.2 Å². The lowest BCUT2D eigenvalue weighted by atomic mass is 10.1.